The molecular weight excluding hydrogens is 443 g/mol. The van der Waals surface area contributed by atoms with E-state index in [0.29, 0.717) is 13.0 Å². The van der Waals surface area contributed by atoms with Crippen molar-refractivity contribution in [2.45, 2.75) is 78.2 Å². The number of hydrogen-bond donors (Lipinski definition) is 4. The van der Waals surface area contributed by atoms with Gasteiger partial charge in [0.25, 0.3) is 0 Å². The summed E-state index contributed by atoms with van der Waals surface area (Å²) in [6, 6.07) is -1.78. The Labute approximate surface area is 191 Å². The molecule has 12 heteroatoms. The molecule has 0 saturated carbocycles. The first-order chi connectivity index (χ1) is 15.1. The van der Waals surface area contributed by atoms with Crippen LogP contribution >= 0.6 is 0 Å². The third kappa shape index (κ3) is 8.90. The average Bonchev–Trinajstić information content (AvgIpc) is 3.06. The Morgan fingerprint density at radius 3 is 2.15 bits per heavy atom. The van der Waals surface area contributed by atoms with Gasteiger partial charge >= 0.3 is 12.1 Å². The first-order valence-electron chi connectivity index (χ1n) is 10.7. The SMILES string of the molecule is CC(C)C[C@H](NC(=O)C(NC(=O)C(F)(F)F)C(C)(C)C)C(=O)N[C@H](C#N)C[C@@H]1CCNC1=O. The van der Waals surface area contributed by atoms with Gasteiger partial charge in [-0.15, -0.1) is 0 Å². The molecule has 0 spiro atoms. The summed E-state index contributed by atoms with van der Waals surface area (Å²) in [5.41, 5.74) is -1.09. The molecule has 4 atom stereocenters. The number of carbonyl (C=O) groups is 4. The van der Waals surface area contributed by atoms with Gasteiger partial charge in [-0.3, -0.25) is 19.2 Å². The molecule has 1 rings (SSSR count). The second-order valence-electron chi connectivity index (χ2n) is 9.66. The number of alkyl halides is 3. The van der Waals surface area contributed by atoms with E-state index in [1.165, 1.54) is 20.8 Å². The molecule has 0 aliphatic carbocycles. The van der Waals surface area contributed by atoms with Gasteiger partial charge in [0.2, 0.25) is 17.7 Å². The number of nitriles is 1. The molecule has 0 aromatic heterocycles. The quantitative estimate of drug-likeness (QED) is 0.396. The summed E-state index contributed by atoms with van der Waals surface area (Å²) in [6.07, 6.45) is -4.40. The van der Waals surface area contributed by atoms with Gasteiger partial charge in [-0.1, -0.05) is 34.6 Å². The fourth-order valence-electron chi connectivity index (χ4n) is 3.42. The average molecular weight is 476 g/mol. The Bertz CT molecular complexity index is 786. The summed E-state index contributed by atoms with van der Waals surface area (Å²) >= 11 is 0. The van der Waals surface area contributed by atoms with E-state index in [2.05, 4.69) is 16.0 Å². The molecule has 186 valence electrons. The van der Waals surface area contributed by atoms with Gasteiger partial charge in [-0.2, -0.15) is 18.4 Å². The monoisotopic (exact) mass is 475 g/mol. The van der Waals surface area contributed by atoms with E-state index < -0.39 is 53.4 Å². The topological polar surface area (TPSA) is 140 Å². The third-order valence-electron chi connectivity index (χ3n) is 5.16. The number of hydrogen-bond acceptors (Lipinski definition) is 5. The minimum Gasteiger partial charge on any atom is -0.356 e. The lowest BCUT2D eigenvalue weighted by atomic mass is 9.85. The van der Waals surface area contributed by atoms with Crippen molar-refractivity contribution >= 4 is 23.6 Å². The van der Waals surface area contributed by atoms with Crippen LogP contribution in [0.5, 0.6) is 0 Å². The minimum atomic E-state index is -5.18. The lowest BCUT2D eigenvalue weighted by Crippen LogP contribution is -2.60. The lowest BCUT2D eigenvalue weighted by molar-refractivity contribution is -0.175. The molecule has 1 heterocycles. The number of halogens is 3. The van der Waals surface area contributed by atoms with Gasteiger partial charge < -0.3 is 21.3 Å². The number of nitrogens with zero attached hydrogens (tertiary/aromatic N) is 1. The molecule has 1 saturated heterocycles. The summed E-state index contributed by atoms with van der Waals surface area (Å²) in [5, 5.41) is 18.7. The number of amides is 4. The Kier molecular flexibility index (Phi) is 9.69. The van der Waals surface area contributed by atoms with Crippen molar-refractivity contribution in [1.29, 1.82) is 5.26 Å². The van der Waals surface area contributed by atoms with Crippen molar-refractivity contribution in [1.82, 2.24) is 21.3 Å². The highest BCUT2D eigenvalue weighted by molar-refractivity contribution is 5.93. The van der Waals surface area contributed by atoms with Gasteiger partial charge in [0.15, 0.2) is 0 Å². The molecule has 0 aromatic rings. The first-order valence-corrected chi connectivity index (χ1v) is 10.7. The second kappa shape index (κ2) is 11.3. The molecule has 1 aliphatic heterocycles. The first kappa shape index (κ1) is 28.2. The second-order valence-corrected chi connectivity index (χ2v) is 9.66. The van der Waals surface area contributed by atoms with Crippen LogP contribution in [0, 0.1) is 28.6 Å². The molecule has 33 heavy (non-hydrogen) atoms. The van der Waals surface area contributed by atoms with Crippen molar-refractivity contribution in [3.63, 3.8) is 0 Å². The number of rotatable bonds is 9. The summed E-state index contributed by atoms with van der Waals surface area (Å²) in [6.45, 7) is 8.48. The van der Waals surface area contributed by atoms with Crippen molar-refractivity contribution in [2.75, 3.05) is 6.54 Å². The molecule has 4 N–H and O–H groups in total. The van der Waals surface area contributed by atoms with Crippen molar-refractivity contribution < 1.29 is 32.3 Å². The maximum Gasteiger partial charge on any atom is 0.471 e. The van der Waals surface area contributed by atoms with Crippen LogP contribution in [0.4, 0.5) is 13.2 Å². The van der Waals surface area contributed by atoms with Crippen LogP contribution in [0.1, 0.15) is 53.9 Å². The largest absolute Gasteiger partial charge is 0.471 e. The van der Waals surface area contributed by atoms with Gasteiger partial charge in [-0.05, 0) is 30.6 Å². The number of carbonyl (C=O) groups excluding carboxylic acids is 4. The number of nitrogens with one attached hydrogen (secondary N) is 4. The Morgan fingerprint density at radius 2 is 1.73 bits per heavy atom. The van der Waals surface area contributed by atoms with E-state index >= 15 is 0 Å². The van der Waals surface area contributed by atoms with Crippen LogP contribution in [0.15, 0.2) is 0 Å². The fraction of sp³-hybridized carbons (Fsp3) is 0.762. The van der Waals surface area contributed by atoms with Gasteiger partial charge in [-0.25, -0.2) is 0 Å². The molecule has 1 aliphatic rings. The standard InChI is InChI=1S/C21H32F3N5O4/c1-11(2)8-14(17(31)27-13(10-25)9-12-6-7-26-16(12)30)28-18(32)15(20(3,4)5)29-19(33)21(22,23)24/h11-15H,6-9H2,1-5H3,(H,26,30)(H,27,31)(H,28,32)(H,29,33)/t12-,13-,14-,15?/m0/s1. The van der Waals surface area contributed by atoms with Crippen LogP contribution in [0.2, 0.25) is 0 Å². The Hall–Kier alpha value is -2.84. The molecular formula is C21H32F3N5O4. The van der Waals surface area contributed by atoms with Crippen LogP contribution in [0.25, 0.3) is 0 Å². The van der Waals surface area contributed by atoms with Crippen molar-refractivity contribution in [3.8, 4) is 6.07 Å². The summed E-state index contributed by atoms with van der Waals surface area (Å²) in [7, 11) is 0. The van der Waals surface area contributed by atoms with Gasteiger partial charge in [0.05, 0.1) is 6.07 Å². The highest BCUT2D eigenvalue weighted by atomic mass is 19.4. The highest BCUT2D eigenvalue weighted by Gasteiger charge is 2.44. The fourth-order valence-corrected chi connectivity index (χ4v) is 3.42. The van der Waals surface area contributed by atoms with E-state index in [1.807, 2.05) is 6.07 Å². The van der Waals surface area contributed by atoms with Crippen LogP contribution in [-0.2, 0) is 19.2 Å². The normalized spacial score (nSPS) is 19.2. The van der Waals surface area contributed by atoms with Gasteiger partial charge in [0, 0.05) is 12.5 Å². The molecule has 1 fully saturated rings. The summed E-state index contributed by atoms with van der Waals surface area (Å²) < 4.78 is 38.2. The van der Waals surface area contributed by atoms with E-state index in [9.17, 15) is 37.6 Å². The van der Waals surface area contributed by atoms with E-state index in [1.54, 1.807) is 19.2 Å². The van der Waals surface area contributed by atoms with Crippen LogP contribution in [-0.4, -0.2) is 54.5 Å². The van der Waals surface area contributed by atoms with E-state index in [0.717, 1.165) is 0 Å². The molecule has 0 aromatic carbocycles. The minimum absolute atomic E-state index is 0.0833. The molecule has 0 bridgehead atoms. The third-order valence-corrected chi connectivity index (χ3v) is 5.16. The highest BCUT2D eigenvalue weighted by Crippen LogP contribution is 2.23. The predicted octanol–water partition coefficient (Wildman–Crippen LogP) is 1.15. The maximum absolute atomic E-state index is 12.8. The predicted molar refractivity (Wildman–Crippen MR) is 112 cm³/mol. The van der Waals surface area contributed by atoms with E-state index in [-0.39, 0.29) is 24.7 Å². The Morgan fingerprint density at radius 1 is 1.12 bits per heavy atom. The Balaban J connectivity index is 2.97. The van der Waals surface area contributed by atoms with Gasteiger partial charge in [0.1, 0.15) is 18.1 Å². The van der Waals surface area contributed by atoms with Crippen molar-refractivity contribution in [2.24, 2.45) is 17.3 Å². The molecule has 0 radical (unpaired) electrons. The zero-order valence-corrected chi connectivity index (χ0v) is 19.4. The van der Waals surface area contributed by atoms with Crippen molar-refractivity contribution in [3.05, 3.63) is 0 Å². The molecule has 4 amide bonds. The zero-order chi connectivity index (χ0) is 25.6. The van der Waals surface area contributed by atoms with Crippen LogP contribution < -0.4 is 21.3 Å². The lowest BCUT2D eigenvalue weighted by Gasteiger charge is -2.32. The zero-order valence-electron chi connectivity index (χ0n) is 19.4. The summed E-state index contributed by atoms with van der Waals surface area (Å²) in [4.78, 5) is 48.9. The summed E-state index contributed by atoms with van der Waals surface area (Å²) in [5.74, 6) is -4.62. The maximum atomic E-state index is 12.8. The van der Waals surface area contributed by atoms with Crippen LogP contribution in [0.3, 0.4) is 0 Å². The molecule has 1 unspecified atom stereocenters. The smallest absolute Gasteiger partial charge is 0.356 e. The van der Waals surface area contributed by atoms with E-state index in [4.69, 9.17) is 0 Å². The molecule has 9 nitrogen and oxygen atoms in total.